The Morgan fingerprint density at radius 3 is 2.41 bits per heavy atom. The van der Waals surface area contributed by atoms with Gasteiger partial charge in [-0.15, -0.1) is 0 Å². The number of morpholine rings is 1. The molecule has 1 heterocycles. The van der Waals surface area contributed by atoms with Crippen molar-refractivity contribution in [3.05, 3.63) is 24.3 Å². The molecule has 6 fully saturated rings. The minimum Gasteiger partial charge on any atom is -0.379 e. The lowest BCUT2D eigenvalue weighted by Crippen LogP contribution is -2.66. The van der Waals surface area contributed by atoms with E-state index >= 15 is 0 Å². The van der Waals surface area contributed by atoms with Gasteiger partial charge in [-0.25, -0.2) is 0 Å². The summed E-state index contributed by atoms with van der Waals surface area (Å²) in [5.74, 6) is 4.14. The highest BCUT2D eigenvalue weighted by Gasteiger charge is 2.71. The summed E-state index contributed by atoms with van der Waals surface area (Å²) >= 11 is 0. The molecule has 6 aliphatic carbocycles. The van der Waals surface area contributed by atoms with E-state index in [1.165, 1.54) is 56.9 Å². The topological polar surface area (TPSA) is 41.6 Å². The first kappa shape index (κ1) is 31.5. The fourth-order valence-electron chi connectivity index (χ4n) is 14.1. The van der Waals surface area contributed by atoms with E-state index in [0.29, 0.717) is 51.2 Å². The van der Waals surface area contributed by atoms with Crippen molar-refractivity contribution in [3.63, 3.8) is 0 Å². The van der Waals surface area contributed by atoms with Gasteiger partial charge in [0.1, 0.15) is 0 Å². The van der Waals surface area contributed by atoms with Gasteiger partial charge in [-0.05, 0) is 135 Å². The zero-order chi connectivity index (χ0) is 31.1. The number of carbonyl (C=O) groups excluding carboxylic acids is 1. The second-order valence-electron chi connectivity index (χ2n) is 18.6. The van der Waals surface area contributed by atoms with Crippen LogP contribution in [-0.4, -0.2) is 49.7 Å². The lowest BCUT2D eigenvalue weighted by Gasteiger charge is -2.72. The van der Waals surface area contributed by atoms with Gasteiger partial charge < -0.3 is 10.1 Å². The summed E-state index contributed by atoms with van der Waals surface area (Å²) in [5, 5.41) is 3.66. The number of ether oxygens (including phenoxy) is 1. The minimum atomic E-state index is -0.221. The van der Waals surface area contributed by atoms with Crippen LogP contribution in [0.15, 0.2) is 24.3 Å². The zero-order valence-corrected chi connectivity index (χ0v) is 29.2. The van der Waals surface area contributed by atoms with Crippen molar-refractivity contribution in [1.29, 1.82) is 0 Å². The molecule has 246 valence electrons. The summed E-state index contributed by atoms with van der Waals surface area (Å²) in [6.45, 7) is 25.0. The molecule has 11 atom stereocenters. The third-order valence-electron chi connectivity index (χ3n) is 16.4. The first-order valence-corrected chi connectivity index (χ1v) is 18.8. The first-order chi connectivity index (χ1) is 20.8. The Kier molecular flexibility index (Phi) is 7.84. The van der Waals surface area contributed by atoms with E-state index in [9.17, 15) is 4.79 Å². The Morgan fingerprint density at radius 1 is 0.886 bits per heavy atom. The van der Waals surface area contributed by atoms with Crippen LogP contribution in [0.1, 0.15) is 119 Å². The van der Waals surface area contributed by atoms with Crippen LogP contribution < -0.4 is 5.32 Å². The number of hydrogen-bond donors (Lipinski definition) is 1. The van der Waals surface area contributed by atoms with E-state index in [4.69, 9.17) is 4.74 Å². The standard InChI is InChI=1S/C40H64N2O2/c1-27(2)30-13-18-40(35(43)41-29-10-9-28(25-29)26-42-21-23-44-24-22-42)20-19-38(6)31(34(30)40)11-12-33-37(5)16-8-15-36(3,4)32(37)14-17-39(33,38)7/h9-10,28-34H,1,8,11-26H2,2-7H3,(H,41,43)/t28-,29+,30-,31+,32+,33+,34+,37+,38+,39+,40-/m0/s1. The molecule has 0 aromatic carbocycles. The van der Waals surface area contributed by atoms with Gasteiger partial charge in [0.2, 0.25) is 5.91 Å². The Bertz CT molecular complexity index is 1170. The minimum absolute atomic E-state index is 0.180. The molecular formula is C40H64N2O2. The number of nitrogens with zero attached hydrogens (tertiary/aromatic N) is 1. The van der Waals surface area contributed by atoms with Gasteiger partial charge in [0.05, 0.1) is 18.6 Å². The van der Waals surface area contributed by atoms with Gasteiger partial charge in [-0.3, -0.25) is 9.69 Å². The van der Waals surface area contributed by atoms with Gasteiger partial charge in [0.25, 0.3) is 0 Å². The number of amides is 1. The average Bonchev–Trinajstić information content (AvgIpc) is 3.58. The Hall–Kier alpha value is -1.13. The molecule has 0 spiro atoms. The number of allylic oxidation sites excluding steroid dienone is 1. The Balaban J connectivity index is 1.13. The second kappa shape index (κ2) is 11.0. The molecule has 1 aliphatic heterocycles. The highest BCUT2D eigenvalue weighted by molar-refractivity contribution is 5.84. The van der Waals surface area contributed by atoms with Crippen LogP contribution in [0.3, 0.4) is 0 Å². The van der Waals surface area contributed by atoms with Crippen molar-refractivity contribution in [2.24, 2.45) is 62.6 Å². The molecule has 1 amide bonds. The van der Waals surface area contributed by atoms with E-state index in [2.05, 4.69) is 70.5 Å². The molecule has 0 aromatic heterocycles. The SMILES string of the molecule is C=C(C)[C@@H]1CC[C@]2(C(=O)N[C@@H]3C=C[C@H](CN4CCOCC4)C3)CC[C@]3(C)[C@H](CC[C@@H]4[C@]5(C)CCCC(C)(C)[C@H]5CC[C@]43C)[C@@H]12. The summed E-state index contributed by atoms with van der Waals surface area (Å²) < 4.78 is 5.56. The number of fused-ring (bicyclic) bond motifs is 7. The van der Waals surface area contributed by atoms with Gasteiger partial charge >= 0.3 is 0 Å². The molecule has 4 nitrogen and oxygen atoms in total. The zero-order valence-electron chi connectivity index (χ0n) is 29.2. The van der Waals surface area contributed by atoms with Crippen molar-refractivity contribution in [2.75, 3.05) is 32.8 Å². The van der Waals surface area contributed by atoms with Crippen LogP contribution in [0.2, 0.25) is 0 Å². The molecule has 0 radical (unpaired) electrons. The van der Waals surface area contributed by atoms with Gasteiger partial charge in [0.15, 0.2) is 0 Å². The summed E-state index contributed by atoms with van der Waals surface area (Å²) in [6.07, 6.45) is 19.9. The molecule has 0 bridgehead atoms. The van der Waals surface area contributed by atoms with Crippen molar-refractivity contribution in [2.45, 2.75) is 125 Å². The van der Waals surface area contributed by atoms with Crippen molar-refractivity contribution in [1.82, 2.24) is 10.2 Å². The number of carbonyl (C=O) groups is 1. The highest BCUT2D eigenvalue weighted by atomic mass is 16.5. The molecule has 4 heteroatoms. The molecule has 1 N–H and O–H groups in total. The van der Waals surface area contributed by atoms with Crippen LogP contribution in [0, 0.1) is 62.6 Å². The average molecular weight is 605 g/mol. The number of nitrogens with one attached hydrogen (secondary N) is 1. The van der Waals surface area contributed by atoms with E-state index in [0.717, 1.165) is 70.4 Å². The van der Waals surface area contributed by atoms with Crippen molar-refractivity contribution >= 4 is 5.91 Å². The molecule has 0 unspecified atom stereocenters. The summed E-state index contributed by atoms with van der Waals surface area (Å²) in [5.41, 5.74) is 2.70. The van der Waals surface area contributed by atoms with E-state index in [1.807, 2.05) is 0 Å². The van der Waals surface area contributed by atoms with Gasteiger partial charge in [-0.2, -0.15) is 0 Å². The monoisotopic (exact) mass is 604 g/mol. The van der Waals surface area contributed by atoms with Crippen LogP contribution >= 0.6 is 0 Å². The lowest BCUT2D eigenvalue weighted by molar-refractivity contribution is -0.235. The third-order valence-corrected chi connectivity index (χ3v) is 16.4. The first-order valence-electron chi connectivity index (χ1n) is 18.8. The lowest BCUT2D eigenvalue weighted by atomic mass is 9.32. The predicted molar refractivity (Wildman–Crippen MR) is 180 cm³/mol. The van der Waals surface area contributed by atoms with Crippen LogP contribution in [0.25, 0.3) is 0 Å². The van der Waals surface area contributed by atoms with Crippen molar-refractivity contribution in [3.8, 4) is 0 Å². The normalized spacial score (nSPS) is 49.8. The number of hydrogen-bond acceptors (Lipinski definition) is 3. The van der Waals surface area contributed by atoms with E-state index < -0.39 is 0 Å². The summed E-state index contributed by atoms with van der Waals surface area (Å²) in [6, 6.07) is 0.180. The molecule has 44 heavy (non-hydrogen) atoms. The van der Waals surface area contributed by atoms with Gasteiger partial charge in [-0.1, -0.05) is 65.3 Å². The highest BCUT2D eigenvalue weighted by Crippen LogP contribution is 2.77. The smallest absolute Gasteiger partial charge is 0.226 e. The fraction of sp³-hybridized carbons (Fsp3) is 0.875. The number of rotatable bonds is 5. The van der Waals surface area contributed by atoms with E-state index in [-0.39, 0.29) is 11.5 Å². The molecule has 7 aliphatic rings. The summed E-state index contributed by atoms with van der Waals surface area (Å²) in [4.78, 5) is 17.2. The molecular weight excluding hydrogens is 540 g/mol. The van der Waals surface area contributed by atoms with Gasteiger partial charge in [0, 0.05) is 25.7 Å². The quantitative estimate of drug-likeness (QED) is 0.320. The Labute approximate surface area is 269 Å². The third kappa shape index (κ3) is 4.60. The van der Waals surface area contributed by atoms with Crippen LogP contribution in [0.4, 0.5) is 0 Å². The maximum absolute atomic E-state index is 14.7. The maximum Gasteiger partial charge on any atom is 0.226 e. The summed E-state index contributed by atoms with van der Waals surface area (Å²) in [7, 11) is 0. The molecule has 5 saturated carbocycles. The second-order valence-corrected chi connectivity index (χ2v) is 18.6. The Morgan fingerprint density at radius 2 is 1.66 bits per heavy atom. The van der Waals surface area contributed by atoms with Crippen LogP contribution in [0.5, 0.6) is 0 Å². The predicted octanol–water partition coefficient (Wildman–Crippen LogP) is 8.43. The van der Waals surface area contributed by atoms with E-state index in [1.54, 1.807) is 0 Å². The largest absolute Gasteiger partial charge is 0.379 e. The molecule has 0 aromatic rings. The van der Waals surface area contributed by atoms with Crippen molar-refractivity contribution < 1.29 is 9.53 Å². The molecule has 7 rings (SSSR count). The fourth-order valence-corrected chi connectivity index (χ4v) is 14.1. The molecule has 1 saturated heterocycles. The maximum atomic E-state index is 14.7. The van der Waals surface area contributed by atoms with Crippen LogP contribution in [-0.2, 0) is 9.53 Å².